The van der Waals surface area contributed by atoms with Gasteiger partial charge < -0.3 is 5.73 Å². The molecule has 0 aliphatic rings. The lowest BCUT2D eigenvalue weighted by atomic mass is 10.3. The van der Waals surface area contributed by atoms with Gasteiger partial charge in [0, 0.05) is 0 Å². The first-order valence-electron chi connectivity index (χ1n) is 3.49. The maximum atomic E-state index is 12.9. The first-order chi connectivity index (χ1) is 5.68. The minimum atomic E-state index is -0.369. The number of benzene rings is 1. The van der Waals surface area contributed by atoms with Crippen LogP contribution in [0.5, 0.6) is 0 Å². The molecule has 0 saturated carbocycles. The van der Waals surface area contributed by atoms with Gasteiger partial charge in [0.2, 0.25) is 0 Å². The van der Waals surface area contributed by atoms with E-state index in [2.05, 4.69) is 4.98 Å². The summed E-state index contributed by atoms with van der Waals surface area (Å²) in [5.41, 5.74) is 6.51. The van der Waals surface area contributed by atoms with Gasteiger partial charge in [-0.05, 0) is 19.1 Å². The molecule has 0 spiro atoms. The fraction of sp³-hybridized carbons (Fsp3) is 0.125. The normalized spacial score (nSPS) is 10.8. The van der Waals surface area contributed by atoms with Crippen molar-refractivity contribution < 1.29 is 4.39 Å². The van der Waals surface area contributed by atoms with Crippen LogP contribution in [0.3, 0.4) is 0 Å². The summed E-state index contributed by atoms with van der Waals surface area (Å²) in [5, 5.41) is 0.905. The Balaban J connectivity index is 2.89. The Morgan fingerprint density at radius 1 is 1.50 bits per heavy atom. The SMILES string of the molecule is Cc1nc2ccc(F)c(N)c2s1. The summed E-state index contributed by atoms with van der Waals surface area (Å²) >= 11 is 1.42. The number of aromatic nitrogens is 1. The first-order valence-corrected chi connectivity index (χ1v) is 4.31. The monoisotopic (exact) mass is 182 g/mol. The third-order valence-corrected chi connectivity index (χ3v) is 2.67. The van der Waals surface area contributed by atoms with E-state index in [9.17, 15) is 4.39 Å². The molecule has 2 nitrogen and oxygen atoms in total. The molecule has 0 radical (unpaired) electrons. The van der Waals surface area contributed by atoms with E-state index in [1.807, 2.05) is 6.92 Å². The number of hydrogen-bond acceptors (Lipinski definition) is 3. The van der Waals surface area contributed by atoms with Gasteiger partial charge in [0.15, 0.2) is 0 Å². The molecular weight excluding hydrogens is 175 g/mol. The number of nitrogens with two attached hydrogens (primary N) is 1. The Labute approximate surface area is 72.8 Å². The lowest BCUT2D eigenvalue weighted by molar-refractivity contribution is 0.634. The van der Waals surface area contributed by atoms with Gasteiger partial charge >= 0.3 is 0 Å². The van der Waals surface area contributed by atoms with E-state index in [1.54, 1.807) is 6.07 Å². The molecule has 62 valence electrons. The number of nitrogen functional groups attached to an aromatic ring is 1. The molecule has 2 rings (SSSR count). The maximum absolute atomic E-state index is 12.9. The van der Waals surface area contributed by atoms with Gasteiger partial charge in [0.1, 0.15) is 5.82 Å². The molecule has 0 unspecified atom stereocenters. The Morgan fingerprint density at radius 3 is 3.00 bits per heavy atom. The van der Waals surface area contributed by atoms with E-state index in [-0.39, 0.29) is 11.5 Å². The summed E-state index contributed by atoms with van der Waals surface area (Å²) in [6.07, 6.45) is 0. The van der Waals surface area contributed by atoms with Crippen LogP contribution in [0, 0.1) is 12.7 Å². The molecule has 0 aliphatic heterocycles. The van der Waals surface area contributed by atoms with Crippen LogP contribution in [0.25, 0.3) is 10.2 Å². The molecule has 0 fully saturated rings. The van der Waals surface area contributed by atoms with Gasteiger partial charge in [0.05, 0.1) is 20.9 Å². The molecule has 1 aromatic carbocycles. The quantitative estimate of drug-likeness (QED) is 0.635. The minimum absolute atomic E-state index is 0.207. The molecule has 2 N–H and O–H groups in total. The highest BCUT2D eigenvalue weighted by Crippen LogP contribution is 2.28. The van der Waals surface area contributed by atoms with Crippen molar-refractivity contribution in [2.45, 2.75) is 6.92 Å². The van der Waals surface area contributed by atoms with Crippen LogP contribution < -0.4 is 5.73 Å². The van der Waals surface area contributed by atoms with Crippen molar-refractivity contribution in [2.75, 3.05) is 5.73 Å². The molecular formula is C8H7FN2S. The number of fused-ring (bicyclic) bond motifs is 1. The van der Waals surface area contributed by atoms with Crippen molar-refractivity contribution >= 4 is 27.2 Å². The number of hydrogen-bond donors (Lipinski definition) is 1. The number of thiazole rings is 1. The molecule has 0 bridgehead atoms. The predicted octanol–water partition coefficient (Wildman–Crippen LogP) is 2.33. The molecule has 12 heavy (non-hydrogen) atoms. The minimum Gasteiger partial charge on any atom is -0.395 e. The van der Waals surface area contributed by atoms with Gasteiger partial charge in [-0.25, -0.2) is 9.37 Å². The Bertz CT molecular complexity index is 436. The van der Waals surface area contributed by atoms with Crippen LogP contribution in [-0.2, 0) is 0 Å². The van der Waals surface area contributed by atoms with Gasteiger partial charge in [-0.1, -0.05) is 0 Å². The van der Waals surface area contributed by atoms with Crippen molar-refractivity contribution in [2.24, 2.45) is 0 Å². The maximum Gasteiger partial charge on any atom is 0.147 e. The summed E-state index contributed by atoms with van der Waals surface area (Å²) in [6, 6.07) is 2.99. The highest BCUT2D eigenvalue weighted by molar-refractivity contribution is 7.19. The molecule has 0 aliphatic carbocycles. The van der Waals surface area contributed by atoms with Gasteiger partial charge in [0.25, 0.3) is 0 Å². The summed E-state index contributed by atoms with van der Waals surface area (Å²) in [7, 11) is 0. The van der Waals surface area contributed by atoms with E-state index in [0.29, 0.717) is 0 Å². The summed E-state index contributed by atoms with van der Waals surface area (Å²) < 4.78 is 13.7. The second kappa shape index (κ2) is 2.42. The van der Waals surface area contributed by atoms with Crippen LogP contribution >= 0.6 is 11.3 Å². The molecule has 4 heteroatoms. The predicted molar refractivity (Wildman–Crippen MR) is 48.7 cm³/mol. The highest BCUT2D eigenvalue weighted by Gasteiger charge is 2.07. The van der Waals surface area contributed by atoms with Crippen molar-refractivity contribution in [3.05, 3.63) is 23.0 Å². The van der Waals surface area contributed by atoms with E-state index in [0.717, 1.165) is 15.2 Å². The first kappa shape index (κ1) is 7.49. The highest BCUT2D eigenvalue weighted by atomic mass is 32.1. The lowest BCUT2D eigenvalue weighted by Crippen LogP contribution is -1.89. The number of rotatable bonds is 0. The second-order valence-electron chi connectivity index (χ2n) is 2.54. The second-order valence-corrected chi connectivity index (χ2v) is 3.75. The molecule has 1 aromatic heterocycles. The Kier molecular flexibility index (Phi) is 1.51. The summed E-state index contributed by atoms with van der Waals surface area (Å²) in [4.78, 5) is 4.19. The summed E-state index contributed by atoms with van der Waals surface area (Å²) in [5.74, 6) is -0.369. The Hall–Kier alpha value is -1.16. The van der Waals surface area contributed by atoms with E-state index in [4.69, 9.17) is 5.73 Å². The van der Waals surface area contributed by atoms with Crippen molar-refractivity contribution in [3.63, 3.8) is 0 Å². The standard InChI is InChI=1S/C8H7FN2S/c1-4-11-6-3-2-5(9)7(10)8(6)12-4/h2-3H,10H2,1H3. The average molecular weight is 182 g/mol. The van der Waals surface area contributed by atoms with E-state index in [1.165, 1.54) is 17.4 Å². The zero-order chi connectivity index (χ0) is 8.72. The summed E-state index contributed by atoms with van der Waals surface area (Å²) in [6.45, 7) is 1.88. The number of halogens is 1. The number of aryl methyl sites for hydroxylation is 1. The fourth-order valence-electron chi connectivity index (χ4n) is 1.10. The van der Waals surface area contributed by atoms with Crippen LogP contribution in [0.15, 0.2) is 12.1 Å². The molecule has 2 aromatic rings. The van der Waals surface area contributed by atoms with Crippen LogP contribution in [0.4, 0.5) is 10.1 Å². The van der Waals surface area contributed by atoms with Gasteiger partial charge in [-0.2, -0.15) is 0 Å². The van der Waals surface area contributed by atoms with Crippen molar-refractivity contribution in [1.29, 1.82) is 0 Å². The van der Waals surface area contributed by atoms with Gasteiger partial charge in [-0.15, -0.1) is 11.3 Å². The van der Waals surface area contributed by atoms with E-state index >= 15 is 0 Å². The number of nitrogens with zero attached hydrogens (tertiary/aromatic N) is 1. The molecule has 0 atom stereocenters. The molecule has 0 saturated heterocycles. The van der Waals surface area contributed by atoms with Gasteiger partial charge in [-0.3, -0.25) is 0 Å². The van der Waals surface area contributed by atoms with E-state index < -0.39 is 0 Å². The zero-order valence-corrected chi connectivity index (χ0v) is 7.28. The third kappa shape index (κ3) is 0.956. The zero-order valence-electron chi connectivity index (χ0n) is 6.47. The third-order valence-electron chi connectivity index (χ3n) is 1.65. The topological polar surface area (TPSA) is 38.9 Å². The van der Waals surface area contributed by atoms with Crippen molar-refractivity contribution in [1.82, 2.24) is 4.98 Å². The van der Waals surface area contributed by atoms with Crippen LogP contribution in [0.1, 0.15) is 5.01 Å². The fourth-order valence-corrected chi connectivity index (χ4v) is 1.96. The smallest absolute Gasteiger partial charge is 0.147 e. The largest absolute Gasteiger partial charge is 0.395 e. The number of anilines is 1. The lowest BCUT2D eigenvalue weighted by Gasteiger charge is -1.94. The van der Waals surface area contributed by atoms with Crippen LogP contribution in [0.2, 0.25) is 0 Å². The molecule has 0 amide bonds. The Morgan fingerprint density at radius 2 is 2.25 bits per heavy atom. The average Bonchev–Trinajstić information content (AvgIpc) is 2.39. The van der Waals surface area contributed by atoms with Crippen LogP contribution in [-0.4, -0.2) is 4.98 Å². The molecule has 1 heterocycles. The van der Waals surface area contributed by atoms with Crippen molar-refractivity contribution in [3.8, 4) is 0 Å².